The SMILES string of the molecule is COc1cc2c(c(O)c1OC)-c1ccc(SC)c(=O)cc1[C@@H](CC(C)=O)CC2. The Morgan fingerprint density at radius 3 is 2.61 bits per heavy atom. The van der Waals surface area contributed by atoms with E-state index in [1.807, 2.05) is 18.4 Å². The van der Waals surface area contributed by atoms with E-state index >= 15 is 0 Å². The first-order valence-corrected chi connectivity index (χ1v) is 10.3. The molecular weight excluding hydrogens is 376 g/mol. The minimum atomic E-state index is -0.0916. The third-order valence-electron chi connectivity index (χ3n) is 5.19. The number of fused-ring (bicyclic) bond motifs is 3. The quantitative estimate of drug-likeness (QED) is 0.760. The van der Waals surface area contributed by atoms with Gasteiger partial charge in [-0.25, -0.2) is 0 Å². The molecule has 0 unspecified atom stereocenters. The molecule has 1 aliphatic rings. The molecule has 0 bridgehead atoms. The van der Waals surface area contributed by atoms with E-state index in [4.69, 9.17) is 9.47 Å². The van der Waals surface area contributed by atoms with E-state index < -0.39 is 0 Å². The number of hydrogen-bond donors (Lipinski definition) is 1. The van der Waals surface area contributed by atoms with Crippen molar-refractivity contribution in [2.45, 2.75) is 37.0 Å². The van der Waals surface area contributed by atoms with Crippen molar-refractivity contribution >= 4 is 17.5 Å². The lowest BCUT2D eigenvalue weighted by Gasteiger charge is -2.17. The highest BCUT2D eigenvalue weighted by molar-refractivity contribution is 7.98. The maximum absolute atomic E-state index is 12.7. The first-order chi connectivity index (χ1) is 13.4. The van der Waals surface area contributed by atoms with Gasteiger partial charge in [-0.05, 0) is 66.8 Å². The first-order valence-electron chi connectivity index (χ1n) is 9.10. The number of ketones is 1. The van der Waals surface area contributed by atoms with Gasteiger partial charge < -0.3 is 19.4 Å². The van der Waals surface area contributed by atoms with Crippen molar-refractivity contribution in [1.82, 2.24) is 0 Å². The molecule has 3 rings (SSSR count). The van der Waals surface area contributed by atoms with Crippen LogP contribution in [0.25, 0.3) is 11.1 Å². The Hall–Kier alpha value is -2.47. The van der Waals surface area contributed by atoms with Crippen LogP contribution in [0.1, 0.15) is 36.8 Å². The van der Waals surface area contributed by atoms with E-state index in [1.54, 1.807) is 19.1 Å². The standard InChI is InChI=1S/C22H24O5S/c1-12(23)9-13-5-6-14-10-18(26-2)22(27-3)21(25)20(14)15-7-8-19(28-4)17(24)11-16(13)15/h7-8,10-11,13,25H,5-6,9H2,1-4H3/t13-/m1/s1. The third-order valence-corrected chi connectivity index (χ3v) is 5.97. The lowest BCUT2D eigenvalue weighted by Crippen LogP contribution is -2.07. The van der Waals surface area contributed by atoms with Gasteiger partial charge in [-0.2, -0.15) is 0 Å². The second-order valence-electron chi connectivity index (χ2n) is 6.92. The fourth-order valence-electron chi connectivity index (χ4n) is 3.93. The summed E-state index contributed by atoms with van der Waals surface area (Å²) in [5.41, 5.74) is 3.02. The molecule has 1 N–H and O–H groups in total. The number of hydrogen-bond acceptors (Lipinski definition) is 6. The second kappa shape index (κ2) is 8.27. The molecule has 0 saturated heterocycles. The molecule has 0 fully saturated rings. The van der Waals surface area contributed by atoms with E-state index in [0.29, 0.717) is 35.5 Å². The number of aryl methyl sites for hydroxylation is 1. The van der Waals surface area contributed by atoms with Crippen LogP contribution < -0.4 is 14.9 Å². The van der Waals surface area contributed by atoms with Crippen molar-refractivity contribution in [3.8, 4) is 28.4 Å². The Morgan fingerprint density at radius 2 is 2.00 bits per heavy atom. The van der Waals surface area contributed by atoms with Crippen molar-refractivity contribution in [3.05, 3.63) is 45.6 Å². The largest absolute Gasteiger partial charge is 0.504 e. The topological polar surface area (TPSA) is 72.8 Å². The Balaban J connectivity index is 2.38. The molecule has 0 spiro atoms. The summed E-state index contributed by atoms with van der Waals surface area (Å²) in [4.78, 5) is 25.2. The number of phenols is 1. The average molecular weight is 400 g/mol. The summed E-state index contributed by atoms with van der Waals surface area (Å²) in [5.74, 6) is 0.693. The van der Waals surface area contributed by atoms with Gasteiger partial charge in [0.05, 0.1) is 19.1 Å². The number of Topliss-reactive ketones (excluding diaryl/α,β-unsaturated/α-hetero) is 1. The number of aromatic hydroxyl groups is 1. The molecule has 0 aliphatic heterocycles. The summed E-state index contributed by atoms with van der Waals surface area (Å²) >= 11 is 1.38. The minimum Gasteiger partial charge on any atom is -0.504 e. The molecule has 5 nitrogen and oxygen atoms in total. The predicted molar refractivity (Wildman–Crippen MR) is 111 cm³/mol. The number of ether oxygens (including phenoxy) is 2. The third kappa shape index (κ3) is 3.61. The summed E-state index contributed by atoms with van der Waals surface area (Å²) in [7, 11) is 3.01. The molecule has 0 aromatic heterocycles. The van der Waals surface area contributed by atoms with Crippen LogP contribution in [-0.2, 0) is 11.2 Å². The highest BCUT2D eigenvalue weighted by Gasteiger charge is 2.28. The van der Waals surface area contributed by atoms with Crippen molar-refractivity contribution < 1.29 is 19.4 Å². The fourth-order valence-corrected chi connectivity index (χ4v) is 4.39. The summed E-state index contributed by atoms with van der Waals surface area (Å²) in [6.07, 6.45) is 3.57. The van der Waals surface area contributed by atoms with E-state index in [1.165, 1.54) is 26.0 Å². The number of benzene rings is 1. The predicted octanol–water partition coefficient (Wildman–Crippen LogP) is 4.17. The van der Waals surface area contributed by atoms with Crippen LogP contribution >= 0.6 is 11.8 Å². The van der Waals surface area contributed by atoms with Crippen molar-refractivity contribution in [1.29, 1.82) is 0 Å². The Bertz CT molecular complexity index is 983. The lowest BCUT2D eigenvalue weighted by atomic mass is 9.89. The van der Waals surface area contributed by atoms with Crippen molar-refractivity contribution in [2.24, 2.45) is 0 Å². The van der Waals surface area contributed by atoms with E-state index in [-0.39, 0.29) is 28.6 Å². The highest BCUT2D eigenvalue weighted by atomic mass is 32.2. The minimum absolute atomic E-state index is 0.00840. The van der Waals surface area contributed by atoms with Gasteiger partial charge in [-0.15, -0.1) is 11.8 Å². The fraction of sp³-hybridized carbons (Fsp3) is 0.364. The number of carbonyl (C=O) groups is 1. The van der Waals surface area contributed by atoms with Crippen LogP contribution in [0.4, 0.5) is 0 Å². The van der Waals surface area contributed by atoms with Crippen LogP contribution in [0.2, 0.25) is 0 Å². The molecule has 1 atom stereocenters. The molecule has 0 amide bonds. The number of methoxy groups -OCH3 is 2. The number of phenolic OH excluding ortho intramolecular Hbond substituents is 1. The number of rotatable bonds is 5. The van der Waals surface area contributed by atoms with Crippen LogP contribution in [0, 0.1) is 0 Å². The molecule has 2 aromatic carbocycles. The van der Waals surface area contributed by atoms with Gasteiger partial charge >= 0.3 is 0 Å². The summed E-state index contributed by atoms with van der Waals surface area (Å²) in [5, 5.41) is 11.0. The van der Waals surface area contributed by atoms with E-state index in [9.17, 15) is 14.7 Å². The van der Waals surface area contributed by atoms with Gasteiger partial charge in [-0.3, -0.25) is 4.79 Å². The zero-order valence-electron chi connectivity index (χ0n) is 16.5. The second-order valence-corrected chi connectivity index (χ2v) is 7.76. The van der Waals surface area contributed by atoms with Gasteiger partial charge in [0.25, 0.3) is 0 Å². The van der Waals surface area contributed by atoms with Gasteiger partial charge in [0.1, 0.15) is 5.78 Å². The van der Waals surface area contributed by atoms with Gasteiger partial charge in [0.2, 0.25) is 5.75 Å². The zero-order valence-corrected chi connectivity index (χ0v) is 17.3. The summed E-state index contributed by atoms with van der Waals surface area (Å²) in [6, 6.07) is 7.14. The van der Waals surface area contributed by atoms with Crippen LogP contribution in [-0.4, -0.2) is 31.4 Å². The van der Waals surface area contributed by atoms with E-state index in [0.717, 1.165) is 16.7 Å². The molecule has 0 radical (unpaired) electrons. The average Bonchev–Trinajstić information content (AvgIpc) is 2.90. The highest BCUT2D eigenvalue weighted by Crippen LogP contribution is 2.50. The van der Waals surface area contributed by atoms with Gasteiger partial charge in [0.15, 0.2) is 16.9 Å². The Kier molecular flexibility index (Phi) is 5.98. The molecule has 2 aromatic rings. The Morgan fingerprint density at radius 1 is 1.25 bits per heavy atom. The monoisotopic (exact) mass is 400 g/mol. The number of thioether (sulfide) groups is 1. The van der Waals surface area contributed by atoms with Crippen LogP contribution in [0.15, 0.2) is 34.0 Å². The lowest BCUT2D eigenvalue weighted by molar-refractivity contribution is -0.117. The van der Waals surface area contributed by atoms with Crippen LogP contribution in [0.3, 0.4) is 0 Å². The van der Waals surface area contributed by atoms with Gasteiger partial charge in [0, 0.05) is 12.0 Å². The molecule has 0 heterocycles. The van der Waals surface area contributed by atoms with Crippen molar-refractivity contribution in [3.63, 3.8) is 0 Å². The summed E-state index contributed by atoms with van der Waals surface area (Å²) in [6.45, 7) is 1.57. The first kappa shape index (κ1) is 20.3. The molecule has 6 heteroatoms. The number of carbonyl (C=O) groups excluding carboxylic acids is 1. The molecule has 1 aliphatic carbocycles. The zero-order chi connectivity index (χ0) is 20.4. The molecule has 28 heavy (non-hydrogen) atoms. The molecule has 0 saturated carbocycles. The summed E-state index contributed by atoms with van der Waals surface area (Å²) < 4.78 is 10.8. The van der Waals surface area contributed by atoms with Crippen molar-refractivity contribution in [2.75, 3.05) is 20.5 Å². The normalized spacial score (nSPS) is 15.2. The van der Waals surface area contributed by atoms with Crippen LogP contribution in [0.5, 0.6) is 17.2 Å². The maximum Gasteiger partial charge on any atom is 0.203 e. The molecule has 148 valence electrons. The molecular formula is C22H24O5S. The Labute approximate surface area is 168 Å². The van der Waals surface area contributed by atoms with Gasteiger partial charge in [-0.1, -0.05) is 6.07 Å². The van der Waals surface area contributed by atoms with E-state index in [2.05, 4.69) is 0 Å². The maximum atomic E-state index is 12.7. The smallest absolute Gasteiger partial charge is 0.203 e.